The summed E-state index contributed by atoms with van der Waals surface area (Å²) in [4.78, 5) is 6.52. The minimum atomic E-state index is -3.57. The molecule has 2 aromatic rings. The smallest absolute Gasteiger partial charge is 0.243 e. The lowest BCUT2D eigenvalue weighted by Crippen LogP contribution is -2.26. The van der Waals surface area contributed by atoms with Crippen molar-refractivity contribution in [2.45, 2.75) is 31.3 Å². The Bertz CT molecular complexity index is 724. The van der Waals surface area contributed by atoms with Gasteiger partial charge in [-0.15, -0.1) is 22.7 Å². The topological polar surface area (TPSA) is 71.1 Å². The Morgan fingerprint density at radius 3 is 2.71 bits per heavy atom. The van der Waals surface area contributed by atoms with Crippen LogP contribution in [0.1, 0.15) is 27.7 Å². The highest BCUT2D eigenvalue weighted by atomic mass is 79.9. The summed E-state index contributed by atoms with van der Waals surface area (Å²) < 4.78 is 28.3. The van der Waals surface area contributed by atoms with Crippen molar-refractivity contribution in [1.82, 2.24) is 15.0 Å². The van der Waals surface area contributed by atoms with E-state index in [2.05, 4.69) is 31.0 Å². The maximum absolute atomic E-state index is 12.5. The zero-order valence-corrected chi connectivity index (χ0v) is 15.8. The number of halogens is 1. The zero-order chi connectivity index (χ0) is 15.6. The van der Waals surface area contributed by atoms with E-state index in [1.165, 1.54) is 22.7 Å². The fraction of sp³-hybridized carbons (Fsp3) is 0.417. The summed E-state index contributed by atoms with van der Waals surface area (Å²) in [5.41, 5.74) is 0. The van der Waals surface area contributed by atoms with Crippen molar-refractivity contribution in [1.29, 1.82) is 0 Å². The lowest BCUT2D eigenvalue weighted by Gasteiger charge is -2.11. The summed E-state index contributed by atoms with van der Waals surface area (Å²) in [6.45, 7) is 4.38. The van der Waals surface area contributed by atoms with Gasteiger partial charge in [-0.3, -0.25) is 0 Å². The first-order valence-corrected chi connectivity index (χ1v) is 10.1. The quantitative estimate of drug-likeness (QED) is 0.768. The molecule has 0 spiro atoms. The van der Waals surface area contributed by atoms with Crippen LogP contribution >= 0.6 is 38.6 Å². The van der Waals surface area contributed by atoms with Crippen LogP contribution in [-0.4, -0.2) is 20.4 Å². The first-order valence-electron chi connectivity index (χ1n) is 6.21. The summed E-state index contributed by atoms with van der Waals surface area (Å²) in [6, 6.07) is 1.33. The van der Waals surface area contributed by atoms with Crippen LogP contribution < -0.4 is 10.0 Å². The van der Waals surface area contributed by atoms with Gasteiger partial charge in [0.1, 0.15) is 9.90 Å². The molecule has 0 bridgehead atoms. The standard InChI is InChI=1S/C12H16BrN3O2S3/c1-7-5-15-12(19-7)8(2)16-21(17,18)10-4-9(6-14-3)20-11(10)13/h4-5,8,14,16H,6H2,1-3H3. The maximum Gasteiger partial charge on any atom is 0.243 e. The van der Waals surface area contributed by atoms with Crippen LogP contribution in [0.2, 0.25) is 0 Å². The van der Waals surface area contributed by atoms with Crippen molar-refractivity contribution in [3.63, 3.8) is 0 Å². The number of aryl methyl sites for hydroxylation is 1. The van der Waals surface area contributed by atoms with E-state index < -0.39 is 10.0 Å². The van der Waals surface area contributed by atoms with Crippen molar-refractivity contribution < 1.29 is 8.42 Å². The summed E-state index contributed by atoms with van der Waals surface area (Å²) in [7, 11) is -1.75. The molecular formula is C12H16BrN3O2S3. The molecule has 0 aromatic carbocycles. The van der Waals surface area contributed by atoms with Crippen molar-refractivity contribution >= 4 is 48.6 Å². The molecule has 2 rings (SSSR count). The highest BCUT2D eigenvalue weighted by Crippen LogP contribution is 2.32. The molecule has 0 fully saturated rings. The Hall–Kier alpha value is -0.320. The molecule has 0 aliphatic carbocycles. The van der Waals surface area contributed by atoms with E-state index >= 15 is 0 Å². The molecule has 0 aliphatic heterocycles. The number of hydrogen-bond acceptors (Lipinski definition) is 6. The number of hydrogen-bond donors (Lipinski definition) is 2. The van der Waals surface area contributed by atoms with Crippen molar-refractivity contribution in [2.75, 3.05) is 7.05 Å². The van der Waals surface area contributed by atoms with Gasteiger partial charge in [0.15, 0.2) is 0 Å². The van der Waals surface area contributed by atoms with E-state index in [0.717, 1.165) is 14.8 Å². The average molecular weight is 410 g/mol. The molecule has 2 aromatic heterocycles. The predicted molar refractivity (Wildman–Crippen MR) is 90.4 cm³/mol. The van der Waals surface area contributed by atoms with E-state index in [1.807, 2.05) is 14.0 Å². The van der Waals surface area contributed by atoms with E-state index in [-0.39, 0.29) is 10.9 Å². The second-order valence-electron chi connectivity index (χ2n) is 4.53. The molecule has 5 nitrogen and oxygen atoms in total. The fourth-order valence-electron chi connectivity index (χ4n) is 1.76. The number of rotatable bonds is 6. The third-order valence-electron chi connectivity index (χ3n) is 2.69. The number of nitrogens with one attached hydrogen (secondary N) is 2. The molecule has 21 heavy (non-hydrogen) atoms. The Kier molecular flexibility index (Phi) is 5.55. The Morgan fingerprint density at radius 1 is 1.43 bits per heavy atom. The van der Waals surface area contributed by atoms with Crippen LogP contribution in [0.4, 0.5) is 0 Å². The first kappa shape index (κ1) is 17.0. The summed E-state index contributed by atoms with van der Waals surface area (Å²) in [6.07, 6.45) is 1.75. The van der Waals surface area contributed by atoms with Crippen molar-refractivity contribution in [3.8, 4) is 0 Å². The molecule has 0 saturated carbocycles. The van der Waals surface area contributed by atoms with E-state index in [1.54, 1.807) is 19.2 Å². The van der Waals surface area contributed by atoms with Gasteiger partial charge in [-0.2, -0.15) is 0 Å². The van der Waals surface area contributed by atoms with Crippen LogP contribution in [0, 0.1) is 6.92 Å². The predicted octanol–water partition coefficient (Wildman–Crippen LogP) is 3.03. The van der Waals surface area contributed by atoms with Gasteiger partial charge in [-0.05, 0) is 42.9 Å². The summed E-state index contributed by atoms with van der Waals surface area (Å²) in [5, 5.41) is 3.77. The monoisotopic (exact) mass is 409 g/mol. The van der Waals surface area contributed by atoms with Gasteiger partial charge in [0.05, 0.1) is 9.83 Å². The highest BCUT2D eigenvalue weighted by Gasteiger charge is 2.24. The van der Waals surface area contributed by atoms with Crippen molar-refractivity contribution in [3.05, 3.63) is 30.8 Å². The number of aromatic nitrogens is 1. The summed E-state index contributed by atoms with van der Waals surface area (Å²) >= 11 is 6.24. The number of sulfonamides is 1. The average Bonchev–Trinajstić information content (AvgIpc) is 2.96. The molecule has 116 valence electrons. The highest BCUT2D eigenvalue weighted by molar-refractivity contribution is 9.11. The minimum Gasteiger partial charge on any atom is -0.315 e. The molecular weight excluding hydrogens is 394 g/mol. The molecule has 0 radical (unpaired) electrons. The number of thiophene rings is 1. The van der Waals surface area contributed by atoms with Crippen molar-refractivity contribution in [2.24, 2.45) is 0 Å². The van der Waals surface area contributed by atoms with Crippen LogP contribution in [0.15, 0.2) is 20.9 Å². The van der Waals surface area contributed by atoms with Gasteiger partial charge in [0, 0.05) is 22.5 Å². The maximum atomic E-state index is 12.5. The molecule has 0 amide bonds. The number of nitrogens with zero attached hydrogens (tertiary/aromatic N) is 1. The fourth-order valence-corrected chi connectivity index (χ4v) is 6.51. The van der Waals surface area contributed by atoms with Crippen LogP contribution in [0.5, 0.6) is 0 Å². The number of thiazole rings is 1. The van der Waals surface area contributed by atoms with Crippen LogP contribution in [0.25, 0.3) is 0 Å². The van der Waals surface area contributed by atoms with Gasteiger partial charge in [-0.1, -0.05) is 0 Å². The molecule has 9 heteroatoms. The zero-order valence-electron chi connectivity index (χ0n) is 11.8. The Labute approximate surface area is 141 Å². The van der Waals surface area contributed by atoms with Gasteiger partial charge in [-0.25, -0.2) is 18.1 Å². The Morgan fingerprint density at radius 2 is 2.14 bits per heavy atom. The summed E-state index contributed by atoms with van der Waals surface area (Å²) in [5.74, 6) is 0. The SMILES string of the molecule is CNCc1cc(S(=O)(=O)NC(C)c2ncc(C)s2)c(Br)s1. The second-order valence-corrected chi connectivity index (χ2v) is 9.94. The normalized spacial score (nSPS) is 13.5. The molecule has 0 saturated heterocycles. The van der Waals surface area contributed by atoms with Gasteiger partial charge >= 0.3 is 0 Å². The largest absolute Gasteiger partial charge is 0.315 e. The van der Waals surface area contributed by atoms with E-state index in [4.69, 9.17) is 0 Å². The van der Waals surface area contributed by atoms with E-state index in [0.29, 0.717) is 10.3 Å². The third-order valence-corrected chi connectivity index (χ3v) is 7.58. The molecule has 1 atom stereocenters. The second kappa shape index (κ2) is 6.84. The Balaban J connectivity index is 2.22. The molecule has 1 unspecified atom stereocenters. The van der Waals surface area contributed by atoms with Gasteiger partial charge in [0.25, 0.3) is 0 Å². The van der Waals surface area contributed by atoms with Crippen LogP contribution in [-0.2, 0) is 16.6 Å². The van der Waals surface area contributed by atoms with Gasteiger partial charge in [0.2, 0.25) is 10.0 Å². The third kappa shape index (κ3) is 4.11. The van der Waals surface area contributed by atoms with Gasteiger partial charge < -0.3 is 5.32 Å². The molecule has 0 aliphatic rings. The lowest BCUT2D eigenvalue weighted by molar-refractivity contribution is 0.566. The lowest BCUT2D eigenvalue weighted by atomic mass is 10.4. The van der Waals surface area contributed by atoms with E-state index in [9.17, 15) is 8.42 Å². The minimum absolute atomic E-state index is 0.276. The molecule has 2 N–H and O–H groups in total. The molecule has 2 heterocycles. The van der Waals surface area contributed by atoms with Crippen LogP contribution in [0.3, 0.4) is 0 Å². The first-order chi connectivity index (χ1) is 9.83.